The van der Waals surface area contributed by atoms with Gasteiger partial charge in [0.15, 0.2) is 0 Å². The van der Waals surface area contributed by atoms with Crippen LogP contribution in [0, 0.1) is 5.82 Å². The number of halogens is 2. The summed E-state index contributed by atoms with van der Waals surface area (Å²) in [7, 11) is 0. The number of piperazine rings is 1. The fraction of sp³-hybridized carbons (Fsp3) is 0.200. The molecule has 0 aromatic heterocycles. The first-order valence-corrected chi connectivity index (χ1v) is 5.17. The van der Waals surface area contributed by atoms with E-state index in [4.69, 9.17) is 17.3 Å². The summed E-state index contributed by atoms with van der Waals surface area (Å²) >= 11 is 5.56. The first-order valence-electron chi connectivity index (χ1n) is 4.79. The van der Waals surface area contributed by atoms with Gasteiger partial charge in [-0.05, 0) is 6.07 Å². The average molecular weight is 258 g/mol. The van der Waals surface area contributed by atoms with E-state index in [1.165, 1.54) is 11.0 Å². The normalized spacial score (nSPS) is 16.0. The van der Waals surface area contributed by atoms with Crippen molar-refractivity contribution >= 4 is 34.8 Å². The number of anilines is 2. The lowest BCUT2D eigenvalue weighted by Gasteiger charge is -2.28. The van der Waals surface area contributed by atoms with Gasteiger partial charge in [-0.1, -0.05) is 11.6 Å². The van der Waals surface area contributed by atoms with Crippen molar-refractivity contribution in [3.05, 3.63) is 23.0 Å². The molecule has 0 unspecified atom stereocenters. The van der Waals surface area contributed by atoms with Crippen LogP contribution in [0.1, 0.15) is 0 Å². The number of nitrogens with two attached hydrogens (primary N) is 1. The second-order valence-corrected chi connectivity index (χ2v) is 4.06. The summed E-state index contributed by atoms with van der Waals surface area (Å²) in [5.41, 5.74) is 6.18. The minimum Gasteiger partial charge on any atom is -0.397 e. The molecule has 0 bridgehead atoms. The van der Waals surface area contributed by atoms with Gasteiger partial charge in [0, 0.05) is 6.07 Å². The Balaban J connectivity index is 2.36. The Kier molecular flexibility index (Phi) is 2.89. The van der Waals surface area contributed by atoms with E-state index < -0.39 is 17.6 Å². The van der Waals surface area contributed by atoms with Crippen LogP contribution >= 0.6 is 11.6 Å². The average Bonchev–Trinajstić information content (AvgIpc) is 2.22. The number of carbonyl (C=O) groups is 2. The Morgan fingerprint density at radius 3 is 2.47 bits per heavy atom. The number of nitrogen functional groups attached to an aromatic ring is 1. The lowest BCUT2D eigenvalue weighted by atomic mass is 10.2. The van der Waals surface area contributed by atoms with Crippen molar-refractivity contribution in [1.82, 2.24) is 5.32 Å². The molecule has 0 spiro atoms. The number of hydrogen-bond acceptors (Lipinski definition) is 4. The second kappa shape index (κ2) is 4.21. The number of rotatable bonds is 1. The molecule has 7 heteroatoms. The van der Waals surface area contributed by atoms with Gasteiger partial charge in [0.2, 0.25) is 11.8 Å². The molecule has 0 saturated carbocycles. The Morgan fingerprint density at radius 1 is 1.29 bits per heavy atom. The van der Waals surface area contributed by atoms with E-state index in [-0.39, 0.29) is 29.5 Å². The minimum absolute atomic E-state index is 0.0446. The van der Waals surface area contributed by atoms with E-state index in [0.29, 0.717) is 0 Å². The number of nitrogens with one attached hydrogen (secondary N) is 1. The third-order valence-corrected chi connectivity index (χ3v) is 2.65. The molecule has 17 heavy (non-hydrogen) atoms. The van der Waals surface area contributed by atoms with Crippen molar-refractivity contribution in [2.45, 2.75) is 0 Å². The lowest BCUT2D eigenvalue weighted by molar-refractivity contribution is -0.130. The summed E-state index contributed by atoms with van der Waals surface area (Å²) in [6, 6.07) is 2.37. The molecule has 1 aromatic rings. The van der Waals surface area contributed by atoms with Crippen molar-refractivity contribution in [3.8, 4) is 0 Å². The zero-order chi connectivity index (χ0) is 12.6. The van der Waals surface area contributed by atoms with Gasteiger partial charge < -0.3 is 10.6 Å². The standard InChI is InChI=1S/C10H9ClFN3O2/c11-5-1-7(13)8(2-6(5)12)15-3-9(16)14-10(17)4-15/h1-2H,3-4,13H2,(H,14,16,17). The Labute approximate surface area is 101 Å². The maximum absolute atomic E-state index is 13.3. The molecule has 1 heterocycles. The molecular weight excluding hydrogens is 249 g/mol. The molecule has 1 aliphatic rings. The van der Waals surface area contributed by atoms with Gasteiger partial charge in [-0.25, -0.2) is 4.39 Å². The van der Waals surface area contributed by atoms with Crippen LogP contribution in [0.2, 0.25) is 5.02 Å². The molecule has 0 aliphatic carbocycles. The highest BCUT2D eigenvalue weighted by molar-refractivity contribution is 6.31. The van der Waals surface area contributed by atoms with E-state index in [2.05, 4.69) is 5.32 Å². The minimum atomic E-state index is -0.644. The number of benzene rings is 1. The van der Waals surface area contributed by atoms with Crippen molar-refractivity contribution < 1.29 is 14.0 Å². The zero-order valence-corrected chi connectivity index (χ0v) is 9.42. The number of nitrogens with zero attached hydrogens (tertiary/aromatic N) is 1. The van der Waals surface area contributed by atoms with Crippen molar-refractivity contribution in [3.63, 3.8) is 0 Å². The molecular formula is C10H9ClFN3O2. The van der Waals surface area contributed by atoms with Crippen LogP contribution in [0.25, 0.3) is 0 Å². The van der Waals surface area contributed by atoms with E-state index in [1.807, 2.05) is 0 Å². The zero-order valence-electron chi connectivity index (χ0n) is 8.67. The maximum Gasteiger partial charge on any atom is 0.246 e. The second-order valence-electron chi connectivity index (χ2n) is 3.65. The van der Waals surface area contributed by atoms with Crippen molar-refractivity contribution in [1.29, 1.82) is 0 Å². The Hall–Kier alpha value is -1.82. The summed E-state index contributed by atoms with van der Waals surface area (Å²) < 4.78 is 13.3. The monoisotopic (exact) mass is 257 g/mol. The van der Waals surface area contributed by atoms with Crippen LogP contribution in [-0.4, -0.2) is 24.9 Å². The van der Waals surface area contributed by atoms with Crippen LogP contribution in [0.5, 0.6) is 0 Å². The molecule has 1 aromatic carbocycles. The highest BCUT2D eigenvalue weighted by atomic mass is 35.5. The summed E-state index contributed by atoms with van der Waals surface area (Å²) in [5, 5.41) is 2.05. The van der Waals surface area contributed by atoms with Gasteiger partial charge in [0.05, 0.1) is 29.5 Å². The molecule has 2 rings (SSSR count). The molecule has 90 valence electrons. The fourth-order valence-electron chi connectivity index (χ4n) is 1.63. The molecule has 1 saturated heterocycles. The molecule has 1 fully saturated rings. The Morgan fingerprint density at radius 2 is 1.88 bits per heavy atom. The van der Waals surface area contributed by atoms with E-state index in [9.17, 15) is 14.0 Å². The van der Waals surface area contributed by atoms with Crippen LogP contribution in [-0.2, 0) is 9.59 Å². The largest absolute Gasteiger partial charge is 0.397 e. The smallest absolute Gasteiger partial charge is 0.246 e. The summed E-state index contributed by atoms with van der Waals surface area (Å²) in [4.78, 5) is 23.8. The predicted octanol–water partition coefficient (Wildman–Crippen LogP) is 0.524. The van der Waals surface area contributed by atoms with Crippen molar-refractivity contribution in [2.24, 2.45) is 0 Å². The SMILES string of the molecule is Nc1cc(Cl)c(F)cc1N1CC(=O)NC(=O)C1. The Bertz CT molecular complexity index is 491. The molecule has 1 aliphatic heterocycles. The quantitative estimate of drug-likeness (QED) is 0.568. The highest BCUT2D eigenvalue weighted by Crippen LogP contribution is 2.29. The lowest BCUT2D eigenvalue weighted by Crippen LogP contribution is -2.51. The first kappa shape index (κ1) is 11.7. The third kappa shape index (κ3) is 2.31. The van der Waals surface area contributed by atoms with Crippen LogP contribution in [0.15, 0.2) is 12.1 Å². The van der Waals surface area contributed by atoms with Crippen molar-refractivity contribution in [2.75, 3.05) is 23.7 Å². The maximum atomic E-state index is 13.3. The number of imide groups is 1. The highest BCUT2D eigenvalue weighted by Gasteiger charge is 2.24. The molecule has 2 amide bonds. The van der Waals surface area contributed by atoms with Crippen LogP contribution in [0.4, 0.5) is 15.8 Å². The van der Waals surface area contributed by atoms with Crippen LogP contribution < -0.4 is 16.0 Å². The topological polar surface area (TPSA) is 75.4 Å². The fourth-order valence-corrected chi connectivity index (χ4v) is 1.81. The van der Waals surface area contributed by atoms with Gasteiger partial charge >= 0.3 is 0 Å². The number of hydrogen-bond donors (Lipinski definition) is 2. The molecule has 5 nitrogen and oxygen atoms in total. The molecule has 3 N–H and O–H groups in total. The summed E-state index contributed by atoms with van der Waals surface area (Å²) in [6.45, 7) is -0.0893. The van der Waals surface area contributed by atoms with Gasteiger partial charge in [-0.3, -0.25) is 14.9 Å². The number of amides is 2. The van der Waals surface area contributed by atoms with E-state index in [1.54, 1.807) is 0 Å². The van der Waals surface area contributed by atoms with Crippen LogP contribution in [0.3, 0.4) is 0 Å². The molecule has 0 radical (unpaired) electrons. The van der Waals surface area contributed by atoms with E-state index in [0.717, 1.165) is 6.07 Å². The van der Waals surface area contributed by atoms with Gasteiger partial charge in [-0.2, -0.15) is 0 Å². The van der Waals surface area contributed by atoms with E-state index >= 15 is 0 Å². The van der Waals surface area contributed by atoms with Gasteiger partial charge in [-0.15, -0.1) is 0 Å². The summed E-state index contributed by atoms with van der Waals surface area (Å²) in [5.74, 6) is -1.54. The van der Waals surface area contributed by atoms with Gasteiger partial charge in [0.25, 0.3) is 0 Å². The molecule has 0 atom stereocenters. The first-order chi connectivity index (χ1) is 7.97. The summed E-state index contributed by atoms with van der Waals surface area (Å²) in [6.07, 6.45) is 0. The number of carbonyl (C=O) groups excluding carboxylic acids is 2. The predicted molar refractivity (Wildman–Crippen MR) is 61.2 cm³/mol. The van der Waals surface area contributed by atoms with Gasteiger partial charge in [0.1, 0.15) is 5.82 Å². The third-order valence-electron chi connectivity index (χ3n) is 2.36.